The van der Waals surface area contributed by atoms with E-state index < -0.39 is 25.6 Å². The first kappa shape index (κ1) is 11.9. The topological polar surface area (TPSA) is 146 Å². The van der Waals surface area contributed by atoms with Crippen molar-refractivity contribution in [2.75, 3.05) is 0 Å². The van der Waals surface area contributed by atoms with Crippen LogP contribution in [-0.4, -0.2) is 17.9 Å². The first-order valence-electron chi connectivity index (χ1n) is 3.67. The predicted molar refractivity (Wildman–Crippen MR) is 51.7 cm³/mol. The first-order chi connectivity index (χ1) is 7.36. The minimum Gasteiger partial charge on any atom is -0.282 e. The summed E-state index contributed by atoms with van der Waals surface area (Å²) < 4.78 is 30.1. The Balaban J connectivity index is 3.51. The SMILES string of the molecule is [N-]=[N+]=Nc1ccc(S(=O)(=O)O)cc1[N+](=O)[O-]. The van der Waals surface area contributed by atoms with Gasteiger partial charge in [-0.3, -0.25) is 14.7 Å². The quantitative estimate of drug-likeness (QED) is 0.215. The Kier molecular flexibility index (Phi) is 3.09. The molecule has 0 saturated carbocycles. The second-order valence-electron chi connectivity index (χ2n) is 2.57. The van der Waals surface area contributed by atoms with Crippen molar-refractivity contribution in [3.05, 3.63) is 38.8 Å². The molecule has 84 valence electrons. The molecule has 10 heteroatoms. The number of azide groups is 1. The molecule has 16 heavy (non-hydrogen) atoms. The molecule has 0 atom stereocenters. The lowest BCUT2D eigenvalue weighted by Crippen LogP contribution is -1.99. The Bertz CT molecular complexity index is 589. The van der Waals surface area contributed by atoms with Gasteiger partial charge in [0.1, 0.15) is 10.6 Å². The fourth-order valence-corrected chi connectivity index (χ4v) is 1.44. The van der Waals surface area contributed by atoms with E-state index in [4.69, 9.17) is 10.1 Å². The Hall–Kier alpha value is -2.16. The normalized spacial score (nSPS) is 10.6. The number of hydrogen-bond acceptors (Lipinski definition) is 5. The van der Waals surface area contributed by atoms with Crippen LogP contribution in [0.15, 0.2) is 28.2 Å². The van der Waals surface area contributed by atoms with Gasteiger partial charge in [0.2, 0.25) is 0 Å². The van der Waals surface area contributed by atoms with E-state index in [1.807, 2.05) is 0 Å². The number of nitro benzene ring substituents is 1. The van der Waals surface area contributed by atoms with Gasteiger partial charge in [0.25, 0.3) is 15.8 Å². The standard InChI is InChI=1S/C6H4N4O5S/c7-9-8-5-2-1-4(16(13,14)15)3-6(5)10(11)12/h1-3H,(H,13,14,15). The third kappa shape index (κ3) is 2.45. The van der Waals surface area contributed by atoms with E-state index in [1.54, 1.807) is 0 Å². The molecule has 1 rings (SSSR count). The molecular weight excluding hydrogens is 240 g/mol. The van der Waals surface area contributed by atoms with Gasteiger partial charge in [-0.05, 0) is 17.7 Å². The van der Waals surface area contributed by atoms with Crippen molar-refractivity contribution in [1.82, 2.24) is 0 Å². The van der Waals surface area contributed by atoms with Crippen LogP contribution < -0.4 is 0 Å². The zero-order valence-corrected chi connectivity index (χ0v) is 8.33. The second-order valence-corrected chi connectivity index (χ2v) is 3.99. The molecule has 0 saturated heterocycles. The fraction of sp³-hybridized carbons (Fsp3) is 0. The number of rotatable bonds is 3. The summed E-state index contributed by atoms with van der Waals surface area (Å²) in [5, 5.41) is 13.5. The maximum Gasteiger partial charge on any atom is 0.294 e. The fourth-order valence-electron chi connectivity index (χ4n) is 0.943. The molecule has 0 aromatic heterocycles. The van der Waals surface area contributed by atoms with Crippen LogP contribution in [-0.2, 0) is 10.1 Å². The molecule has 1 N–H and O–H groups in total. The highest BCUT2D eigenvalue weighted by molar-refractivity contribution is 7.85. The molecule has 0 aliphatic heterocycles. The van der Waals surface area contributed by atoms with Crippen molar-refractivity contribution < 1.29 is 17.9 Å². The molecule has 0 amide bonds. The summed E-state index contributed by atoms with van der Waals surface area (Å²) in [5.74, 6) is 0. The van der Waals surface area contributed by atoms with Crippen LogP contribution in [0.1, 0.15) is 0 Å². The van der Waals surface area contributed by atoms with Crippen molar-refractivity contribution >= 4 is 21.5 Å². The summed E-state index contributed by atoms with van der Waals surface area (Å²) in [4.78, 5) is 11.3. The van der Waals surface area contributed by atoms with Crippen LogP contribution in [0.4, 0.5) is 11.4 Å². The van der Waals surface area contributed by atoms with Gasteiger partial charge in [-0.2, -0.15) is 8.42 Å². The maximum absolute atomic E-state index is 10.7. The van der Waals surface area contributed by atoms with Gasteiger partial charge in [-0.1, -0.05) is 5.11 Å². The summed E-state index contributed by atoms with van der Waals surface area (Å²) in [7, 11) is -4.53. The van der Waals surface area contributed by atoms with E-state index in [0.29, 0.717) is 6.07 Å². The zero-order chi connectivity index (χ0) is 12.3. The first-order valence-corrected chi connectivity index (χ1v) is 5.11. The summed E-state index contributed by atoms with van der Waals surface area (Å²) in [6.45, 7) is 0. The van der Waals surface area contributed by atoms with E-state index in [-0.39, 0.29) is 5.69 Å². The Labute approximate surface area is 88.8 Å². The lowest BCUT2D eigenvalue weighted by Gasteiger charge is -1.99. The van der Waals surface area contributed by atoms with Gasteiger partial charge in [-0.25, -0.2) is 0 Å². The average molecular weight is 244 g/mol. The minimum atomic E-state index is -4.53. The highest BCUT2D eigenvalue weighted by Crippen LogP contribution is 2.29. The van der Waals surface area contributed by atoms with Crippen molar-refractivity contribution in [2.24, 2.45) is 5.11 Å². The molecule has 0 spiro atoms. The summed E-state index contributed by atoms with van der Waals surface area (Å²) >= 11 is 0. The largest absolute Gasteiger partial charge is 0.294 e. The summed E-state index contributed by atoms with van der Waals surface area (Å²) in [6, 6.07) is 2.44. The zero-order valence-electron chi connectivity index (χ0n) is 7.51. The summed E-state index contributed by atoms with van der Waals surface area (Å²) in [6.07, 6.45) is 0. The molecule has 1 aromatic carbocycles. The van der Waals surface area contributed by atoms with Crippen LogP contribution in [0.3, 0.4) is 0 Å². The van der Waals surface area contributed by atoms with Gasteiger partial charge in [0, 0.05) is 11.0 Å². The molecule has 0 bridgehead atoms. The summed E-state index contributed by atoms with van der Waals surface area (Å²) in [5.41, 5.74) is 7.09. The van der Waals surface area contributed by atoms with E-state index in [2.05, 4.69) is 10.0 Å². The number of hydrogen-bond donors (Lipinski definition) is 1. The lowest BCUT2D eigenvalue weighted by atomic mass is 10.3. The molecular formula is C6H4N4O5S. The Morgan fingerprint density at radius 2 is 2.12 bits per heavy atom. The van der Waals surface area contributed by atoms with Crippen molar-refractivity contribution in [3.63, 3.8) is 0 Å². The van der Waals surface area contributed by atoms with Crippen molar-refractivity contribution in [1.29, 1.82) is 0 Å². The molecule has 1 aromatic rings. The number of benzene rings is 1. The minimum absolute atomic E-state index is 0.333. The smallest absolute Gasteiger partial charge is 0.282 e. The van der Waals surface area contributed by atoms with Crippen LogP contribution >= 0.6 is 0 Å². The molecule has 9 nitrogen and oxygen atoms in total. The van der Waals surface area contributed by atoms with Gasteiger partial charge < -0.3 is 0 Å². The van der Waals surface area contributed by atoms with Gasteiger partial charge in [-0.15, -0.1) is 0 Å². The second kappa shape index (κ2) is 4.14. The van der Waals surface area contributed by atoms with Gasteiger partial charge >= 0.3 is 0 Å². The molecule has 0 radical (unpaired) electrons. The number of nitro groups is 1. The molecule has 0 fully saturated rings. The molecule has 0 unspecified atom stereocenters. The van der Waals surface area contributed by atoms with Gasteiger partial charge in [0.05, 0.1) is 4.92 Å². The van der Waals surface area contributed by atoms with Crippen molar-refractivity contribution in [3.8, 4) is 0 Å². The average Bonchev–Trinajstić information content (AvgIpc) is 2.16. The molecule has 0 heterocycles. The predicted octanol–water partition coefficient (Wildman–Crippen LogP) is 1.78. The number of nitrogens with zero attached hydrogens (tertiary/aromatic N) is 4. The highest BCUT2D eigenvalue weighted by atomic mass is 32.2. The van der Waals surface area contributed by atoms with Crippen LogP contribution in [0.2, 0.25) is 0 Å². The third-order valence-corrected chi connectivity index (χ3v) is 2.44. The van der Waals surface area contributed by atoms with E-state index in [1.165, 1.54) is 0 Å². The van der Waals surface area contributed by atoms with Crippen LogP contribution in [0, 0.1) is 10.1 Å². The molecule has 0 aliphatic carbocycles. The van der Waals surface area contributed by atoms with E-state index in [0.717, 1.165) is 12.1 Å². The van der Waals surface area contributed by atoms with E-state index >= 15 is 0 Å². The Morgan fingerprint density at radius 1 is 1.50 bits per heavy atom. The van der Waals surface area contributed by atoms with Crippen LogP contribution in [0.25, 0.3) is 10.4 Å². The van der Waals surface area contributed by atoms with Gasteiger partial charge in [0.15, 0.2) is 0 Å². The van der Waals surface area contributed by atoms with Crippen LogP contribution in [0.5, 0.6) is 0 Å². The monoisotopic (exact) mass is 244 g/mol. The van der Waals surface area contributed by atoms with E-state index in [9.17, 15) is 18.5 Å². The Morgan fingerprint density at radius 3 is 2.56 bits per heavy atom. The molecule has 0 aliphatic rings. The maximum atomic E-state index is 10.7. The van der Waals surface area contributed by atoms with Crippen molar-refractivity contribution in [2.45, 2.75) is 4.90 Å². The highest BCUT2D eigenvalue weighted by Gasteiger charge is 2.18. The third-order valence-electron chi connectivity index (χ3n) is 1.59. The lowest BCUT2D eigenvalue weighted by molar-refractivity contribution is -0.384.